The highest BCUT2D eigenvalue weighted by Gasteiger charge is 2.58. The third kappa shape index (κ3) is 5.11. The molecule has 220 valence electrons. The highest BCUT2D eigenvalue weighted by atomic mass is 32.2. The number of pyridine rings is 2. The predicted molar refractivity (Wildman–Crippen MR) is 155 cm³/mol. The smallest absolute Gasteiger partial charge is 0.301 e. The molecule has 1 saturated carbocycles. The summed E-state index contributed by atoms with van der Waals surface area (Å²) in [5.74, 6) is -0.519. The van der Waals surface area contributed by atoms with Gasteiger partial charge in [-0.1, -0.05) is 13.8 Å². The Kier molecular flexibility index (Phi) is 7.66. The summed E-state index contributed by atoms with van der Waals surface area (Å²) in [5, 5.41) is 3.88. The van der Waals surface area contributed by atoms with E-state index >= 15 is 4.39 Å². The first kappa shape index (κ1) is 29.1. The lowest BCUT2D eigenvalue weighted by atomic mass is 9.62. The molecule has 0 atom stereocenters. The number of nitrogens with one attached hydrogen (secondary N) is 2. The van der Waals surface area contributed by atoms with Gasteiger partial charge in [0.05, 0.1) is 28.9 Å². The number of anilines is 2. The first-order valence-electron chi connectivity index (χ1n) is 13.4. The van der Waals surface area contributed by atoms with Crippen LogP contribution >= 0.6 is 0 Å². The molecule has 0 unspecified atom stereocenters. The van der Waals surface area contributed by atoms with E-state index < -0.39 is 21.4 Å². The number of aromatic nitrogens is 2. The van der Waals surface area contributed by atoms with Gasteiger partial charge in [0, 0.05) is 75.2 Å². The number of halogens is 1. The lowest BCUT2D eigenvalue weighted by Gasteiger charge is -2.43. The first-order valence-corrected chi connectivity index (χ1v) is 14.8. The Morgan fingerprint density at radius 1 is 1.20 bits per heavy atom. The number of amides is 1. The van der Waals surface area contributed by atoms with Gasteiger partial charge < -0.3 is 19.7 Å². The number of hydrogen-bond acceptors (Lipinski definition) is 8. The zero-order valence-electron chi connectivity index (χ0n) is 24.0. The molecular formula is C28H35FN6O5S. The summed E-state index contributed by atoms with van der Waals surface area (Å²) in [7, 11) is 2.22. The molecule has 0 radical (unpaired) electrons. The number of hydrogen-bond donors (Lipinski definition) is 2. The fourth-order valence-electron chi connectivity index (χ4n) is 5.49. The average Bonchev–Trinajstić information content (AvgIpc) is 3.12. The predicted octanol–water partition coefficient (Wildman–Crippen LogP) is 3.05. The van der Waals surface area contributed by atoms with Gasteiger partial charge in [0.25, 0.3) is 0 Å². The summed E-state index contributed by atoms with van der Waals surface area (Å²) < 4.78 is 55.8. The van der Waals surface area contributed by atoms with Gasteiger partial charge in [0.1, 0.15) is 18.1 Å². The minimum Gasteiger partial charge on any atom is -0.475 e. The van der Waals surface area contributed by atoms with E-state index in [-0.39, 0.29) is 41.8 Å². The van der Waals surface area contributed by atoms with Crippen molar-refractivity contribution in [1.29, 1.82) is 0 Å². The molecule has 1 aliphatic heterocycles. The lowest BCUT2D eigenvalue weighted by molar-refractivity contribution is -0.131. The second kappa shape index (κ2) is 10.8. The van der Waals surface area contributed by atoms with Gasteiger partial charge in [0.15, 0.2) is 0 Å². The van der Waals surface area contributed by atoms with Crippen LogP contribution in [0.1, 0.15) is 32.3 Å². The van der Waals surface area contributed by atoms with E-state index in [1.807, 2.05) is 13.8 Å². The molecule has 5 rings (SSSR count). The molecule has 3 aromatic rings. The second-order valence-corrected chi connectivity index (χ2v) is 12.9. The van der Waals surface area contributed by atoms with E-state index in [2.05, 4.69) is 20.0 Å². The molecule has 2 N–H and O–H groups in total. The fraction of sp³-hybridized carbons (Fsp3) is 0.464. The maximum atomic E-state index is 15.6. The Morgan fingerprint density at radius 2 is 1.93 bits per heavy atom. The molecule has 1 aromatic carbocycles. The van der Waals surface area contributed by atoms with Crippen LogP contribution in [0.5, 0.6) is 5.88 Å². The Hall–Kier alpha value is -3.39. The Morgan fingerprint density at radius 3 is 2.59 bits per heavy atom. The van der Waals surface area contributed by atoms with E-state index in [4.69, 9.17) is 9.47 Å². The van der Waals surface area contributed by atoms with Crippen molar-refractivity contribution in [2.45, 2.75) is 44.2 Å². The molecule has 0 bridgehead atoms. The molecule has 2 aliphatic rings. The number of fused-ring (bicyclic) bond motifs is 4. The number of carbonyl (C=O) groups is 1. The molecule has 0 saturated heterocycles. The fourth-order valence-corrected chi connectivity index (χ4v) is 6.10. The molecule has 3 heterocycles. The van der Waals surface area contributed by atoms with Crippen molar-refractivity contribution in [3.63, 3.8) is 0 Å². The van der Waals surface area contributed by atoms with Crippen LogP contribution < -0.4 is 19.7 Å². The highest BCUT2D eigenvalue weighted by Crippen LogP contribution is 2.56. The summed E-state index contributed by atoms with van der Waals surface area (Å²) >= 11 is 0. The van der Waals surface area contributed by atoms with Crippen LogP contribution in [0.3, 0.4) is 0 Å². The summed E-state index contributed by atoms with van der Waals surface area (Å²) in [6, 6.07) is 4.75. The topological polar surface area (TPSA) is 126 Å². The zero-order valence-corrected chi connectivity index (χ0v) is 24.8. The van der Waals surface area contributed by atoms with Gasteiger partial charge in [-0.2, -0.15) is 12.7 Å². The van der Waals surface area contributed by atoms with Crippen molar-refractivity contribution < 1.29 is 27.1 Å². The third-order valence-electron chi connectivity index (χ3n) is 7.75. The standard InChI is InChI=1S/C28H35FN6O5S/c1-16(2)30-7-8-40-26-23(33-41(37,38)34(3)4)9-17(14-32-26)19-10-20-22(11-21(19)29)31-15-24-25(20)28(27(36)35(24)5)12-18(13-28)39-6/h9-11,14-16,18,30,33H,7-8,12-13H2,1-6H3/t18-,28-. The van der Waals surface area contributed by atoms with E-state index in [0.29, 0.717) is 41.5 Å². The number of nitrogens with zero attached hydrogens (tertiary/aromatic N) is 4. The molecule has 13 heteroatoms. The van der Waals surface area contributed by atoms with E-state index in [1.165, 1.54) is 32.4 Å². The van der Waals surface area contributed by atoms with Crippen LogP contribution in [-0.2, 0) is 25.2 Å². The average molecular weight is 587 g/mol. The molecule has 41 heavy (non-hydrogen) atoms. The summed E-state index contributed by atoms with van der Waals surface area (Å²) in [6.07, 6.45) is 4.07. The Balaban J connectivity index is 1.60. The lowest BCUT2D eigenvalue weighted by Crippen LogP contribution is -2.51. The summed E-state index contributed by atoms with van der Waals surface area (Å²) in [6.45, 7) is 4.78. The van der Waals surface area contributed by atoms with Crippen molar-refractivity contribution in [2.75, 3.05) is 51.0 Å². The van der Waals surface area contributed by atoms with Crippen LogP contribution in [0.2, 0.25) is 0 Å². The number of ether oxygens (including phenoxy) is 2. The van der Waals surface area contributed by atoms with Crippen molar-refractivity contribution in [2.24, 2.45) is 0 Å². The van der Waals surface area contributed by atoms with Crippen LogP contribution in [0, 0.1) is 5.82 Å². The van der Waals surface area contributed by atoms with Gasteiger partial charge in [-0.25, -0.2) is 9.37 Å². The molecule has 1 amide bonds. The van der Waals surface area contributed by atoms with Crippen LogP contribution in [0.25, 0.3) is 22.0 Å². The van der Waals surface area contributed by atoms with E-state index in [0.717, 1.165) is 9.87 Å². The molecule has 11 nitrogen and oxygen atoms in total. The van der Waals surface area contributed by atoms with Gasteiger partial charge >= 0.3 is 10.2 Å². The minimum atomic E-state index is -3.91. The summed E-state index contributed by atoms with van der Waals surface area (Å²) in [5.41, 5.74) is 1.76. The Labute approximate surface area is 239 Å². The molecular weight excluding hydrogens is 551 g/mol. The monoisotopic (exact) mass is 586 g/mol. The molecule has 1 fully saturated rings. The minimum absolute atomic E-state index is 0.0310. The van der Waals surface area contributed by atoms with Crippen molar-refractivity contribution in [3.8, 4) is 17.0 Å². The van der Waals surface area contributed by atoms with Gasteiger partial charge in [-0.15, -0.1) is 0 Å². The van der Waals surface area contributed by atoms with Gasteiger partial charge in [-0.05, 0) is 25.0 Å². The number of likely N-dealkylation sites (N-methyl/N-ethyl adjacent to an activating group) is 1. The van der Waals surface area contributed by atoms with E-state index in [1.54, 1.807) is 31.3 Å². The molecule has 1 spiro atoms. The van der Waals surface area contributed by atoms with Gasteiger partial charge in [0.2, 0.25) is 11.8 Å². The summed E-state index contributed by atoms with van der Waals surface area (Å²) in [4.78, 5) is 23.8. The van der Waals surface area contributed by atoms with Crippen LogP contribution in [-0.4, -0.2) is 82.1 Å². The van der Waals surface area contributed by atoms with Crippen molar-refractivity contribution in [1.82, 2.24) is 19.6 Å². The number of benzene rings is 1. The maximum absolute atomic E-state index is 15.6. The third-order valence-corrected chi connectivity index (χ3v) is 9.19. The molecule has 1 aliphatic carbocycles. The number of methoxy groups -OCH3 is 1. The SMILES string of the molecule is CO[C@H]1C[C@@]2(C1)C(=O)N(C)c1cnc3cc(F)c(-c4cnc(OCCNC(C)C)c(NS(=O)(=O)N(C)C)c4)cc3c12. The van der Waals surface area contributed by atoms with Crippen LogP contribution in [0.4, 0.5) is 15.8 Å². The highest BCUT2D eigenvalue weighted by molar-refractivity contribution is 7.90. The van der Waals surface area contributed by atoms with Crippen molar-refractivity contribution >= 4 is 38.4 Å². The number of carbonyl (C=O) groups excluding carboxylic acids is 1. The van der Waals surface area contributed by atoms with Gasteiger partial charge in [-0.3, -0.25) is 14.5 Å². The largest absolute Gasteiger partial charge is 0.475 e. The second-order valence-electron chi connectivity index (χ2n) is 11.0. The Bertz CT molecular complexity index is 1610. The van der Waals surface area contributed by atoms with Crippen LogP contribution in [0.15, 0.2) is 30.6 Å². The first-order chi connectivity index (χ1) is 19.4. The zero-order chi connectivity index (χ0) is 29.7. The number of rotatable bonds is 10. The normalized spacial score (nSPS) is 20.3. The quantitative estimate of drug-likeness (QED) is 0.347. The van der Waals surface area contributed by atoms with Crippen molar-refractivity contribution in [3.05, 3.63) is 42.0 Å². The maximum Gasteiger partial charge on any atom is 0.301 e. The molecule has 2 aromatic heterocycles. The van der Waals surface area contributed by atoms with E-state index in [9.17, 15) is 13.2 Å².